The fourth-order valence-corrected chi connectivity index (χ4v) is 2.43. The summed E-state index contributed by atoms with van der Waals surface area (Å²) in [7, 11) is 1.56. The van der Waals surface area contributed by atoms with Crippen LogP contribution in [0.4, 0.5) is 5.69 Å². The molecule has 1 amide bonds. The average Bonchev–Trinajstić information content (AvgIpc) is 2.87. The molecule has 1 aromatic carbocycles. The smallest absolute Gasteiger partial charge is 0.256 e. The standard InChI is InChI=1S/C14H20N2O2/c1-3-10-7-8-16(9-10)14(17)11-5-4-6-12(18-2)13(11)15/h4-6,10H,3,7-9,15H2,1-2H3. The van der Waals surface area contributed by atoms with E-state index in [9.17, 15) is 4.79 Å². The molecule has 2 N–H and O–H groups in total. The summed E-state index contributed by atoms with van der Waals surface area (Å²) in [5.41, 5.74) is 6.94. The number of nitrogen functional groups attached to an aromatic ring is 1. The third-order valence-corrected chi connectivity index (χ3v) is 3.67. The van der Waals surface area contributed by atoms with Gasteiger partial charge in [0.05, 0.1) is 18.4 Å². The van der Waals surface area contributed by atoms with E-state index < -0.39 is 0 Å². The van der Waals surface area contributed by atoms with Gasteiger partial charge in [0.15, 0.2) is 0 Å². The van der Waals surface area contributed by atoms with Gasteiger partial charge in [-0.15, -0.1) is 0 Å². The molecule has 2 rings (SSSR count). The van der Waals surface area contributed by atoms with Gasteiger partial charge in [-0.2, -0.15) is 0 Å². The van der Waals surface area contributed by atoms with Crippen molar-refractivity contribution in [1.82, 2.24) is 4.90 Å². The van der Waals surface area contributed by atoms with Gasteiger partial charge in [-0.3, -0.25) is 4.79 Å². The topological polar surface area (TPSA) is 55.6 Å². The van der Waals surface area contributed by atoms with Gasteiger partial charge < -0.3 is 15.4 Å². The van der Waals surface area contributed by atoms with Crippen molar-refractivity contribution in [3.8, 4) is 5.75 Å². The lowest BCUT2D eigenvalue weighted by molar-refractivity contribution is 0.0787. The van der Waals surface area contributed by atoms with Crippen molar-refractivity contribution in [2.75, 3.05) is 25.9 Å². The lowest BCUT2D eigenvalue weighted by Gasteiger charge is -2.18. The van der Waals surface area contributed by atoms with Crippen LogP contribution in [-0.4, -0.2) is 31.0 Å². The summed E-state index contributed by atoms with van der Waals surface area (Å²) < 4.78 is 5.14. The van der Waals surface area contributed by atoms with E-state index in [1.54, 1.807) is 25.3 Å². The molecule has 1 aliphatic rings. The highest BCUT2D eigenvalue weighted by Crippen LogP contribution is 2.28. The van der Waals surface area contributed by atoms with Crippen molar-refractivity contribution in [3.05, 3.63) is 23.8 Å². The molecule has 0 bridgehead atoms. The molecule has 1 atom stereocenters. The second-order valence-corrected chi connectivity index (χ2v) is 4.74. The normalized spacial score (nSPS) is 19.0. The second kappa shape index (κ2) is 5.29. The van der Waals surface area contributed by atoms with Crippen molar-refractivity contribution in [1.29, 1.82) is 0 Å². The molecule has 1 aromatic rings. The van der Waals surface area contributed by atoms with E-state index in [1.807, 2.05) is 4.90 Å². The van der Waals surface area contributed by atoms with Crippen molar-refractivity contribution >= 4 is 11.6 Å². The molecule has 0 radical (unpaired) electrons. The van der Waals surface area contributed by atoms with Crippen molar-refractivity contribution in [2.45, 2.75) is 19.8 Å². The van der Waals surface area contributed by atoms with Crippen LogP contribution < -0.4 is 10.5 Å². The number of ether oxygens (including phenoxy) is 1. The van der Waals surface area contributed by atoms with Gasteiger partial charge in [-0.05, 0) is 24.5 Å². The number of benzene rings is 1. The zero-order valence-electron chi connectivity index (χ0n) is 11.0. The molecule has 0 saturated carbocycles. The Morgan fingerprint density at radius 2 is 2.33 bits per heavy atom. The number of hydrogen-bond donors (Lipinski definition) is 1. The summed E-state index contributed by atoms with van der Waals surface area (Å²) >= 11 is 0. The number of methoxy groups -OCH3 is 1. The van der Waals surface area contributed by atoms with Crippen molar-refractivity contribution < 1.29 is 9.53 Å². The number of nitrogens with zero attached hydrogens (tertiary/aromatic N) is 1. The lowest BCUT2D eigenvalue weighted by atomic mass is 10.1. The maximum Gasteiger partial charge on any atom is 0.256 e. The molecule has 1 saturated heterocycles. The van der Waals surface area contributed by atoms with Crippen molar-refractivity contribution in [2.24, 2.45) is 5.92 Å². The molecule has 1 aliphatic heterocycles. The zero-order valence-corrected chi connectivity index (χ0v) is 11.0. The molecule has 0 spiro atoms. The van der Waals surface area contributed by atoms with Crippen LogP contribution in [-0.2, 0) is 0 Å². The highest BCUT2D eigenvalue weighted by atomic mass is 16.5. The Bertz CT molecular complexity index is 445. The average molecular weight is 248 g/mol. The summed E-state index contributed by atoms with van der Waals surface area (Å²) in [5, 5.41) is 0. The van der Waals surface area contributed by atoms with E-state index in [-0.39, 0.29) is 5.91 Å². The Kier molecular flexibility index (Phi) is 3.75. The van der Waals surface area contributed by atoms with Gasteiger partial charge in [0.25, 0.3) is 5.91 Å². The Hall–Kier alpha value is -1.71. The number of amides is 1. The Morgan fingerprint density at radius 3 is 2.94 bits per heavy atom. The van der Waals surface area contributed by atoms with E-state index in [0.717, 1.165) is 25.9 Å². The minimum absolute atomic E-state index is 0.0161. The summed E-state index contributed by atoms with van der Waals surface area (Å²) in [6.45, 7) is 3.83. The maximum absolute atomic E-state index is 12.4. The highest BCUT2D eigenvalue weighted by Gasteiger charge is 2.27. The molecule has 0 aliphatic carbocycles. The molecule has 1 fully saturated rings. The number of likely N-dealkylation sites (tertiary alicyclic amines) is 1. The molecular formula is C14H20N2O2. The fourth-order valence-electron chi connectivity index (χ4n) is 2.43. The summed E-state index contributed by atoms with van der Waals surface area (Å²) in [5.74, 6) is 1.20. The third-order valence-electron chi connectivity index (χ3n) is 3.67. The van der Waals surface area contributed by atoms with E-state index in [1.165, 1.54) is 0 Å². The third kappa shape index (κ3) is 2.28. The van der Waals surface area contributed by atoms with Crippen LogP contribution in [0.2, 0.25) is 0 Å². The summed E-state index contributed by atoms with van der Waals surface area (Å²) in [6.07, 6.45) is 2.21. The molecule has 1 unspecified atom stereocenters. The predicted molar refractivity (Wildman–Crippen MR) is 71.7 cm³/mol. The first-order chi connectivity index (χ1) is 8.67. The molecule has 4 nitrogen and oxygen atoms in total. The van der Waals surface area contributed by atoms with Gasteiger partial charge in [0.1, 0.15) is 5.75 Å². The highest BCUT2D eigenvalue weighted by molar-refractivity contribution is 6.00. The number of nitrogens with two attached hydrogens (primary N) is 1. The number of carbonyl (C=O) groups is 1. The van der Waals surface area contributed by atoms with Crippen LogP contribution in [0.3, 0.4) is 0 Å². The van der Waals surface area contributed by atoms with Crippen LogP contribution >= 0.6 is 0 Å². The first-order valence-electron chi connectivity index (χ1n) is 6.39. The minimum Gasteiger partial charge on any atom is -0.495 e. The Labute approximate surface area is 108 Å². The van der Waals surface area contributed by atoms with Crippen LogP contribution in [0.15, 0.2) is 18.2 Å². The molecular weight excluding hydrogens is 228 g/mol. The fraction of sp³-hybridized carbons (Fsp3) is 0.500. The Morgan fingerprint density at radius 1 is 1.56 bits per heavy atom. The summed E-state index contributed by atoms with van der Waals surface area (Å²) in [6, 6.07) is 5.33. The molecule has 18 heavy (non-hydrogen) atoms. The second-order valence-electron chi connectivity index (χ2n) is 4.74. The zero-order chi connectivity index (χ0) is 13.1. The lowest BCUT2D eigenvalue weighted by Crippen LogP contribution is -2.29. The van der Waals surface area contributed by atoms with E-state index in [0.29, 0.717) is 22.9 Å². The van der Waals surface area contributed by atoms with E-state index in [4.69, 9.17) is 10.5 Å². The number of hydrogen-bond acceptors (Lipinski definition) is 3. The van der Waals surface area contributed by atoms with Gasteiger partial charge in [0, 0.05) is 13.1 Å². The molecule has 4 heteroatoms. The molecule has 1 heterocycles. The number of carbonyl (C=O) groups excluding carboxylic acids is 1. The maximum atomic E-state index is 12.4. The summed E-state index contributed by atoms with van der Waals surface area (Å²) in [4.78, 5) is 14.3. The number of para-hydroxylation sites is 1. The van der Waals surface area contributed by atoms with Gasteiger partial charge in [-0.1, -0.05) is 19.4 Å². The Balaban J connectivity index is 2.19. The van der Waals surface area contributed by atoms with Crippen LogP contribution in [0.1, 0.15) is 30.1 Å². The van der Waals surface area contributed by atoms with Crippen LogP contribution in [0, 0.1) is 5.92 Å². The number of rotatable bonds is 3. The van der Waals surface area contributed by atoms with Gasteiger partial charge in [0.2, 0.25) is 0 Å². The van der Waals surface area contributed by atoms with E-state index in [2.05, 4.69) is 6.92 Å². The van der Waals surface area contributed by atoms with Gasteiger partial charge >= 0.3 is 0 Å². The molecule has 98 valence electrons. The SMILES string of the molecule is CCC1CCN(C(=O)c2cccc(OC)c2N)C1. The quantitative estimate of drug-likeness (QED) is 0.834. The predicted octanol–water partition coefficient (Wildman–Crippen LogP) is 2.15. The number of anilines is 1. The largest absolute Gasteiger partial charge is 0.495 e. The monoisotopic (exact) mass is 248 g/mol. The minimum atomic E-state index is 0.0161. The van der Waals surface area contributed by atoms with Gasteiger partial charge in [-0.25, -0.2) is 0 Å². The first-order valence-corrected chi connectivity index (χ1v) is 6.39. The van der Waals surface area contributed by atoms with Crippen LogP contribution in [0.25, 0.3) is 0 Å². The van der Waals surface area contributed by atoms with E-state index >= 15 is 0 Å². The first kappa shape index (κ1) is 12.7. The molecule has 0 aromatic heterocycles. The van der Waals surface area contributed by atoms with Crippen LogP contribution in [0.5, 0.6) is 5.75 Å². The van der Waals surface area contributed by atoms with Crippen molar-refractivity contribution in [3.63, 3.8) is 0 Å².